The van der Waals surface area contributed by atoms with Crippen LogP contribution in [0.25, 0.3) is 12.0 Å². The summed E-state index contributed by atoms with van der Waals surface area (Å²) in [6.45, 7) is 0. The third kappa shape index (κ3) is 3.20. The smallest absolute Gasteiger partial charge is 0.383 e. The minimum atomic E-state index is -4.59. The van der Waals surface area contributed by atoms with Gasteiger partial charge in [0.15, 0.2) is 5.69 Å². The molecule has 2 aromatic heterocycles. The summed E-state index contributed by atoms with van der Waals surface area (Å²) in [5.74, 6) is -0.0783. The maximum Gasteiger partial charge on any atom is 0.435 e. The van der Waals surface area contributed by atoms with Crippen molar-refractivity contribution in [2.45, 2.75) is 38.3 Å². The van der Waals surface area contributed by atoms with E-state index in [1.807, 2.05) is 0 Å². The molecular weight excluding hydrogens is 307 g/mol. The SMILES string of the molecule is Nc1c(C=C2CCCCC2)c(C(F)(F)F)nn1-c1ncccn1. The number of alkyl halides is 3. The first-order valence-corrected chi connectivity index (χ1v) is 7.39. The molecule has 2 aromatic rings. The van der Waals surface area contributed by atoms with E-state index in [4.69, 9.17) is 5.73 Å². The number of nitrogen functional groups attached to an aromatic ring is 1. The molecule has 2 heterocycles. The molecule has 1 aliphatic rings. The predicted molar refractivity (Wildman–Crippen MR) is 79.6 cm³/mol. The van der Waals surface area contributed by atoms with E-state index in [0.29, 0.717) is 0 Å². The van der Waals surface area contributed by atoms with Crippen LogP contribution in [0.3, 0.4) is 0 Å². The Kier molecular flexibility index (Phi) is 4.06. The number of halogens is 3. The van der Waals surface area contributed by atoms with Gasteiger partial charge in [0.05, 0.1) is 0 Å². The van der Waals surface area contributed by atoms with Gasteiger partial charge in [0.25, 0.3) is 5.95 Å². The maximum atomic E-state index is 13.3. The Bertz CT molecular complexity index is 711. The Balaban J connectivity index is 2.11. The largest absolute Gasteiger partial charge is 0.435 e. The quantitative estimate of drug-likeness (QED) is 0.916. The fourth-order valence-electron chi connectivity index (χ4n) is 2.70. The average Bonchev–Trinajstić information content (AvgIpc) is 2.86. The lowest BCUT2D eigenvalue weighted by Crippen LogP contribution is -2.09. The van der Waals surface area contributed by atoms with Gasteiger partial charge in [-0.1, -0.05) is 12.0 Å². The van der Waals surface area contributed by atoms with Crippen molar-refractivity contribution >= 4 is 11.9 Å². The Hall–Kier alpha value is -2.38. The summed E-state index contributed by atoms with van der Waals surface area (Å²) >= 11 is 0. The molecule has 0 amide bonds. The lowest BCUT2D eigenvalue weighted by atomic mass is 9.93. The third-order valence-corrected chi connectivity index (χ3v) is 3.81. The molecule has 3 rings (SSSR count). The molecule has 1 fully saturated rings. The number of hydrogen-bond acceptors (Lipinski definition) is 4. The second kappa shape index (κ2) is 6.02. The van der Waals surface area contributed by atoms with Crippen LogP contribution in [0.2, 0.25) is 0 Å². The van der Waals surface area contributed by atoms with Crippen LogP contribution in [0, 0.1) is 0 Å². The molecule has 5 nitrogen and oxygen atoms in total. The summed E-state index contributed by atoms with van der Waals surface area (Å²) in [4.78, 5) is 7.83. The molecule has 2 N–H and O–H groups in total. The number of rotatable bonds is 2. The number of hydrogen-bond donors (Lipinski definition) is 1. The van der Waals surface area contributed by atoms with Gasteiger partial charge in [0.2, 0.25) is 0 Å². The summed E-state index contributed by atoms with van der Waals surface area (Å²) in [5, 5.41) is 3.61. The van der Waals surface area contributed by atoms with Crippen molar-refractivity contribution in [1.82, 2.24) is 19.7 Å². The fraction of sp³-hybridized carbons (Fsp3) is 0.400. The molecule has 0 spiro atoms. The molecule has 0 aromatic carbocycles. The number of allylic oxidation sites excluding steroid dienone is 1. The van der Waals surface area contributed by atoms with Gasteiger partial charge in [-0.05, 0) is 37.8 Å². The highest BCUT2D eigenvalue weighted by Gasteiger charge is 2.39. The van der Waals surface area contributed by atoms with Crippen LogP contribution >= 0.6 is 0 Å². The van der Waals surface area contributed by atoms with Crippen LogP contribution in [0.4, 0.5) is 19.0 Å². The van der Waals surface area contributed by atoms with Crippen LogP contribution in [0.1, 0.15) is 43.4 Å². The number of aromatic nitrogens is 4. The molecule has 0 bridgehead atoms. The summed E-state index contributed by atoms with van der Waals surface area (Å²) in [6, 6.07) is 1.57. The summed E-state index contributed by atoms with van der Waals surface area (Å²) in [5.41, 5.74) is 5.80. The number of nitrogens with two attached hydrogens (primary N) is 1. The van der Waals surface area contributed by atoms with Crippen molar-refractivity contribution < 1.29 is 13.2 Å². The zero-order valence-corrected chi connectivity index (χ0v) is 12.3. The first-order chi connectivity index (χ1) is 11.0. The predicted octanol–water partition coefficient (Wildman–Crippen LogP) is 3.61. The molecule has 1 saturated carbocycles. The highest BCUT2D eigenvalue weighted by molar-refractivity contribution is 5.67. The zero-order valence-electron chi connectivity index (χ0n) is 12.3. The Morgan fingerprint density at radius 1 is 1.09 bits per heavy atom. The van der Waals surface area contributed by atoms with Gasteiger partial charge in [-0.25, -0.2) is 9.97 Å². The lowest BCUT2D eigenvalue weighted by Gasteiger charge is -2.13. The van der Waals surface area contributed by atoms with Crippen LogP contribution in [-0.4, -0.2) is 19.7 Å². The van der Waals surface area contributed by atoms with E-state index >= 15 is 0 Å². The molecule has 0 unspecified atom stereocenters. The topological polar surface area (TPSA) is 69.6 Å². The van der Waals surface area contributed by atoms with E-state index in [0.717, 1.165) is 42.4 Å². The van der Waals surface area contributed by atoms with Crippen LogP contribution in [0.15, 0.2) is 24.0 Å². The maximum absolute atomic E-state index is 13.3. The van der Waals surface area contributed by atoms with Crippen LogP contribution in [-0.2, 0) is 6.18 Å². The van der Waals surface area contributed by atoms with E-state index < -0.39 is 11.9 Å². The first kappa shape index (κ1) is 15.5. The van der Waals surface area contributed by atoms with Gasteiger partial charge >= 0.3 is 6.18 Å². The fourth-order valence-corrected chi connectivity index (χ4v) is 2.70. The van der Waals surface area contributed by atoms with Gasteiger partial charge in [-0.3, -0.25) is 0 Å². The molecule has 122 valence electrons. The molecule has 8 heteroatoms. The Labute approximate surface area is 131 Å². The van der Waals surface area contributed by atoms with Gasteiger partial charge in [-0.2, -0.15) is 23.0 Å². The number of anilines is 1. The second-order valence-electron chi connectivity index (χ2n) is 5.47. The minimum absolute atomic E-state index is 0.0174. The van der Waals surface area contributed by atoms with E-state index in [9.17, 15) is 13.2 Å². The van der Waals surface area contributed by atoms with E-state index in [1.54, 1.807) is 6.07 Å². The molecular formula is C15H16F3N5. The molecule has 0 atom stereocenters. The monoisotopic (exact) mass is 323 g/mol. The van der Waals surface area contributed by atoms with Gasteiger partial charge in [0, 0.05) is 18.0 Å². The molecule has 0 saturated heterocycles. The summed E-state index contributed by atoms with van der Waals surface area (Å²) in [6.07, 6.45) is 4.47. The standard InChI is InChI=1S/C15H16F3N5/c16-15(17,18)12-11(9-10-5-2-1-3-6-10)13(19)23(22-12)14-20-7-4-8-21-14/h4,7-9H,1-3,5-6,19H2. The average molecular weight is 323 g/mol. The van der Waals surface area contributed by atoms with Crippen molar-refractivity contribution in [3.05, 3.63) is 35.3 Å². The molecule has 0 aliphatic heterocycles. The normalized spacial score (nSPS) is 15.7. The van der Waals surface area contributed by atoms with Crippen molar-refractivity contribution in [3.8, 4) is 5.95 Å². The van der Waals surface area contributed by atoms with Crippen molar-refractivity contribution in [3.63, 3.8) is 0 Å². The second-order valence-corrected chi connectivity index (χ2v) is 5.47. The lowest BCUT2D eigenvalue weighted by molar-refractivity contribution is -0.141. The van der Waals surface area contributed by atoms with Gasteiger partial charge in [-0.15, -0.1) is 0 Å². The van der Waals surface area contributed by atoms with Crippen molar-refractivity contribution in [1.29, 1.82) is 0 Å². The summed E-state index contributed by atoms with van der Waals surface area (Å²) in [7, 11) is 0. The van der Waals surface area contributed by atoms with E-state index in [-0.39, 0.29) is 17.3 Å². The molecule has 0 radical (unpaired) electrons. The first-order valence-electron chi connectivity index (χ1n) is 7.39. The van der Waals surface area contributed by atoms with E-state index in [1.165, 1.54) is 18.5 Å². The van der Waals surface area contributed by atoms with E-state index in [2.05, 4.69) is 15.1 Å². The van der Waals surface area contributed by atoms with Crippen molar-refractivity contribution in [2.24, 2.45) is 0 Å². The van der Waals surface area contributed by atoms with Crippen LogP contribution < -0.4 is 5.73 Å². The van der Waals surface area contributed by atoms with Crippen molar-refractivity contribution in [2.75, 3.05) is 5.73 Å². The highest BCUT2D eigenvalue weighted by atomic mass is 19.4. The van der Waals surface area contributed by atoms with Gasteiger partial charge in [0.1, 0.15) is 5.82 Å². The summed E-state index contributed by atoms with van der Waals surface area (Å²) < 4.78 is 40.9. The minimum Gasteiger partial charge on any atom is -0.383 e. The molecule has 23 heavy (non-hydrogen) atoms. The Morgan fingerprint density at radius 3 is 2.35 bits per heavy atom. The van der Waals surface area contributed by atoms with Crippen LogP contribution in [0.5, 0.6) is 0 Å². The molecule has 1 aliphatic carbocycles. The van der Waals surface area contributed by atoms with Gasteiger partial charge < -0.3 is 5.73 Å². The number of nitrogens with zero attached hydrogens (tertiary/aromatic N) is 4. The third-order valence-electron chi connectivity index (χ3n) is 3.81. The Morgan fingerprint density at radius 2 is 1.74 bits per heavy atom. The highest BCUT2D eigenvalue weighted by Crippen LogP contribution is 2.37. The zero-order chi connectivity index (χ0) is 16.4.